The molecule has 0 spiro atoms. The second-order valence-corrected chi connectivity index (χ2v) is 3.11. The van der Waals surface area contributed by atoms with Gasteiger partial charge in [0.1, 0.15) is 5.82 Å². The number of carboxylic acids is 1. The Hall–Kier alpha value is -1.65. The molecular formula is C9H10N2O3. The quantitative estimate of drug-likeness (QED) is 0.755. The van der Waals surface area contributed by atoms with E-state index in [0.717, 1.165) is 12.0 Å². The molecule has 0 saturated heterocycles. The zero-order chi connectivity index (χ0) is 9.97. The van der Waals surface area contributed by atoms with Crippen molar-refractivity contribution < 1.29 is 14.6 Å². The summed E-state index contributed by atoms with van der Waals surface area (Å²) in [6.45, 7) is 0.645. The summed E-state index contributed by atoms with van der Waals surface area (Å²) in [7, 11) is 0. The minimum Gasteiger partial charge on any atom is -0.481 e. The van der Waals surface area contributed by atoms with Crippen LogP contribution in [0.25, 0.3) is 0 Å². The van der Waals surface area contributed by atoms with Gasteiger partial charge in [-0.2, -0.15) is 4.98 Å². The first-order valence-electron chi connectivity index (χ1n) is 4.45. The van der Waals surface area contributed by atoms with Gasteiger partial charge < -0.3 is 9.84 Å². The van der Waals surface area contributed by atoms with Crippen LogP contribution in [-0.4, -0.2) is 27.7 Å². The van der Waals surface area contributed by atoms with Gasteiger partial charge in [-0.25, -0.2) is 4.98 Å². The summed E-state index contributed by atoms with van der Waals surface area (Å²) >= 11 is 0. The lowest BCUT2D eigenvalue weighted by Crippen LogP contribution is -2.02. The summed E-state index contributed by atoms with van der Waals surface area (Å²) < 4.78 is 5.25. The molecule has 0 atom stereocenters. The third-order valence-corrected chi connectivity index (χ3v) is 2.05. The molecule has 5 heteroatoms. The Morgan fingerprint density at radius 2 is 2.50 bits per heavy atom. The molecule has 0 aromatic carbocycles. The molecule has 0 amide bonds. The maximum absolute atomic E-state index is 10.3. The Morgan fingerprint density at radius 3 is 3.29 bits per heavy atom. The van der Waals surface area contributed by atoms with E-state index in [4.69, 9.17) is 9.84 Å². The fourth-order valence-corrected chi connectivity index (χ4v) is 1.32. The molecule has 14 heavy (non-hydrogen) atoms. The summed E-state index contributed by atoms with van der Waals surface area (Å²) in [5.74, 6) is 0.309. The molecule has 0 radical (unpaired) electrons. The van der Waals surface area contributed by atoms with Crippen LogP contribution in [0.3, 0.4) is 0 Å². The second kappa shape index (κ2) is 3.61. The van der Waals surface area contributed by atoms with Crippen molar-refractivity contribution in [2.75, 3.05) is 6.61 Å². The van der Waals surface area contributed by atoms with Crippen LogP contribution in [-0.2, 0) is 17.6 Å². The van der Waals surface area contributed by atoms with E-state index >= 15 is 0 Å². The molecule has 1 N–H and O–H groups in total. The lowest BCUT2D eigenvalue weighted by atomic mass is 10.2. The largest absolute Gasteiger partial charge is 0.481 e. The number of ether oxygens (including phenoxy) is 1. The highest BCUT2D eigenvalue weighted by molar-refractivity contribution is 5.66. The molecule has 1 aromatic heterocycles. The summed E-state index contributed by atoms with van der Waals surface area (Å²) in [6, 6.07) is 0. The predicted octanol–water partition coefficient (Wildman–Crippen LogP) is 0.429. The normalized spacial score (nSPS) is 13.4. The van der Waals surface area contributed by atoms with Crippen molar-refractivity contribution in [1.82, 2.24) is 9.97 Å². The van der Waals surface area contributed by atoms with Crippen LogP contribution in [0.15, 0.2) is 6.20 Å². The molecule has 2 heterocycles. The first kappa shape index (κ1) is 8.93. The van der Waals surface area contributed by atoms with Crippen LogP contribution in [0, 0.1) is 0 Å². The average molecular weight is 194 g/mol. The molecule has 1 aliphatic rings. The molecule has 5 nitrogen and oxygen atoms in total. The monoisotopic (exact) mass is 194 g/mol. The maximum Gasteiger partial charge on any atom is 0.303 e. The molecular weight excluding hydrogens is 184 g/mol. The van der Waals surface area contributed by atoms with Crippen LogP contribution < -0.4 is 4.74 Å². The fraction of sp³-hybridized carbons (Fsp3) is 0.444. The van der Waals surface area contributed by atoms with Gasteiger partial charge in [0.2, 0.25) is 5.88 Å². The van der Waals surface area contributed by atoms with Crippen molar-refractivity contribution in [2.45, 2.75) is 19.3 Å². The summed E-state index contributed by atoms with van der Waals surface area (Å²) in [6.07, 6.45) is 2.96. The number of aliphatic carboxylic acids is 1. The number of nitrogens with zero attached hydrogens (tertiary/aromatic N) is 2. The minimum atomic E-state index is -0.838. The maximum atomic E-state index is 10.3. The number of aromatic nitrogens is 2. The third kappa shape index (κ3) is 1.81. The van der Waals surface area contributed by atoms with Gasteiger partial charge in [0.15, 0.2) is 0 Å². The van der Waals surface area contributed by atoms with Crippen LogP contribution in [0.1, 0.15) is 17.8 Å². The number of hydrogen-bond donors (Lipinski definition) is 1. The van der Waals surface area contributed by atoms with E-state index in [-0.39, 0.29) is 6.42 Å². The van der Waals surface area contributed by atoms with Gasteiger partial charge in [0, 0.05) is 24.6 Å². The van der Waals surface area contributed by atoms with E-state index in [1.165, 1.54) is 0 Å². The standard InChI is InChI=1S/C9H10N2O3/c12-8(13)2-1-7-10-5-6-3-4-14-9(6)11-7/h5H,1-4H2,(H,12,13). The average Bonchev–Trinajstić information content (AvgIpc) is 2.61. The second-order valence-electron chi connectivity index (χ2n) is 3.11. The molecule has 0 saturated carbocycles. The molecule has 74 valence electrons. The summed E-state index contributed by atoms with van der Waals surface area (Å²) in [5.41, 5.74) is 1.00. The van der Waals surface area contributed by atoms with Crippen molar-refractivity contribution in [3.63, 3.8) is 0 Å². The van der Waals surface area contributed by atoms with Crippen molar-refractivity contribution in [2.24, 2.45) is 0 Å². The number of aryl methyl sites for hydroxylation is 1. The first-order chi connectivity index (χ1) is 6.75. The Labute approximate surface area is 80.8 Å². The summed E-state index contributed by atoms with van der Waals surface area (Å²) in [5, 5.41) is 8.48. The Kier molecular flexibility index (Phi) is 2.30. The van der Waals surface area contributed by atoms with Gasteiger partial charge in [0.05, 0.1) is 13.0 Å². The van der Waals surface area contributed by atoms with Crippen molar-refractivity contribution in [3.05, 3.63) is 17.6 Å². The van der Waals surface area contributed by atoms with E-state index in [1.54, 1.807) is 6.20 Å². The third-order valence-electron chi connectivity index (χ3n) is 2.05. The molecule has 2 rings (SSSR count). The smallest absolute Gasteiger partial charge is 0.303 e. The fourth-order valence-electron chi connectivity index (χ4n) is 1.32. The van der Waals surface area contributed by atoms with Crippen molar-refractivity contribution in [3.8, 4) is 5.88 Å². The first-order valence-corrected chi connectivity index (χ1v) is 4.45. The zero-order valence-electron chi connectivity index (χ0n) is 7.56. The number of fused-ring (bicyclic) bond motifs is 1. The van der Waals surface area contributed by atoms with Crippen LogP contribution in [0.4, 0.5) is 0 Å². The van der Waals surface area contributed by atoms with Gasteiger partial charge in [0.25, 0.3) is 0 Å². The lowest BCUT2D eigenvalue weighted by molar-refractivity contribution is -0.137. The lowest BCUT2D eigenvalue weighted by Gasteiger charge is -2.00. The topological polar surface area (TPSA) is 72.3 Å². The highest BCUT2D eigenvalue weighted by Gasteiger charge is 2.14. The van der Waals surface area contributed by atoms with E-state index < -0.39 is 5.97 Å². The Balaban J connectivity index is 2.09. The Morgan fingerprint density at radius 1 is 1.64 bits per heavy atom. The van der Waals surface area contributed by atoms with E-state index in [0.29, 0.717) is 24.7 Å². The van der Waals surface area contributed by atoms with E-state index in [9.17, 15) is 4.79 Å². The number of carboxylic acid groups (broad SMARTS) is 1. The molecule has 0 unspecified atom stereocenters. The summed E-state index contributed by atoms with van der Waals surface area (Å²) in [4.78, 5) is 18.5. The van der Waals surface area contributed by atoms with Crippen molar-refractivity contribution in [1.29, 1.82) is 0 Å². The zero-order valence-corrected chi connectivity index (χ0v) is 7.56. The van der Waals surface area contributed by atoms with Gasteiger partial charge in [-0.1, -0.05) is 0 Å². The highest BCUT2D eigenvalue weighted by atomic mass is 16.5. The number of rotatable bonds is 3. The molecule has 0 fully saturated rings. The number of hydrogen-bond acceptors (Lipinski definition) is 4. The van der Waals surface area contributed by atoms with Gasteiger partial charge in [-0.3, -0.25) is 4.79 Å². The SMILES string of the molecule is O=C(O)CCc1ncc2c(n1)OCC2. The molecule has 1 aromatic rings. The highest BCUT2D eigenvalue weighted by Crippen LogP contribution is 2.21. The van der Waals surface area contributed by atoms with Gasteiger partial charge >= 0.3 is 5.97 Å². The van der Waals surface area contributed by atoms with Crippen LogP contribution in [0.2, 0.25) is 0 Å². The van der Waals surface area contributed by atoms with Gasteiger partial charge in [-0.05, 0) is 0 Å². The minimum absolute atomic E-state index is 0.0544. The molecule has 0 bridgehead atoms. The number of carbonyl (C=O) groups is 1. The van der Waals surface area contributed by atoms with E-state index in [2.05, 4.69) is 9.97 Å². The van der Waals surface area contributed by atoms with Gasteiger partial charge in [-0.15, -0.1) is 0 Å². The van der Waals surface area contributed by atoms with Crippen LogP contribution >= 0.6 is 0 Å². The van der Waals surface area contributed by atoms with Crippen molar-refractivity contribution >= 4 is 5.97 Å². The molecule has 1 aliphatic heterocycles. The molecule has 0 aliphatic carbocycles. The van der Waals surface area contributed by atoms with Crippen LogP contribution in [0.5, 0.6) is 5.88 Å². The predicted molar refractivity (Wildman–Crippen MR) is 47.2 cm³/mol. The van der Waals surface area contributed by atoms with E-state index in [1.807, 2.05) is 0 Å². The Bertz CT molecular complexity index is 365.